The van der Waals surface area contributed by atoms with E-state index in [1.165, 1.54) is 49.0 Å². The molecule has 0 aliphatic carbocycles. The van der Waals surface area contributed by atoms with Gasteiger partial charge < -0.3 is 9.32 Å². The number of benzene rings is 9. The number of hydrogen-bond donors (Lipinski definition) is 0. The quantitative estimate of drug-likeness (QED) is 0.175. The molecule has 1 heterocycles. The molecule has 0 unspecified atom stereocenters. The molecule has 0 N–H and O–H groups in total. The second kappa shape index (κ2) is 11.5. The molecule has 10 rings (SSSR count). The first-order valence-electron chi connectivity index (χ1n) is 17.1. The molecular formula is C48H31NO. The molecule has 0 spiro atoms. The van der Waals surface area contributed by atoms with Gasteiger partial charge in [-0.1, -0.05) is 146 Å². The van der Waals surface area contributed by atoms with Crippen molar-refractivity contribution in [3.8, 4) is 22.3 Å². The smallest absolute Gasteiger partial charge is 0.135 e. The molecule has 0 fully saturated rings. The molecule has 0 bridgehead atoms. The van der Waals surface area contributed by atoms with E-state index in [1.54, 1.807) is 0 Å². The summed E-state index contributed by atoms with van der Waals surface area (Å²) in [6.07, 6.45) is 0. The van der Waals surface area contributed by atoms with Crippen molar-refractivity contribution < 1.29 is 4.42 Å². The van der Waals surface area contributed by atoms with Crippen LogP contribution in [0.5, 0.6) is 0 Å². The van der Waals surface area contributed by atoms with E-state index in [0.29, 0.717) is 0 Å². The third-order valence-corrected chi connectivity index (χ3v) is 10.1. The highest BCUT2D eigenvalue weighted by Gasteiger charge is 2.21. The van der Waals surface area contributed by atoms with Gasteiger partial charge in [0.2, 0.25) is 0 Å². The molecule has 2 nitrogen and oxygen atoms in total. The van der Waals surface area contributed by atoms with Crippen molar-refractivity contribution in [3.05, 3.63) is 188 Å². The second-order valence-corrected chi connectivity index (χ2v) is 12.9. The fourth-order valence-electron chi connectivity index (χ4n) is 7.71. The lowest BCUT2D eigenvalue weighted by Crippen LogP contribution is -2.11. The van der Waals surface area contributed by atoms with Gasteiger partial charge in [0.25, 0.3) is 0 Å². The van der Waals surface area contributed by atoms with Crippen molar-refractivity contribution in [2.24, 2.45) is 0 Å². The van der Waals surface area contributed by atoms with E-state index in [1.807, 2.05) is 12.1 Å². The largest absolute Gasteiger partial charge is 0.456 e. The molecule has 10 aromatic rings. The molecular weight excluding hydrogens is 607 g/mol. The van der Waals surface area contributed by atoms with Crippen molar-refractivity contribution in [2.75, 3.05) is 4.90 Å². The number of nitrogens with zero attached hydrogens (tertiary/aromatic N) is 1. The van der Waals surface area contributed by atoms with E-state index in [4.69, 9.17) is 4.42 Å². The summed E-state index contributed by atoms with van der Waals surface area (Å²) < 4.78 is 6.28. The van der Waals surface area contributed by atoms with Crippen LogP contribution in [0.25, 0.3) is 76.5 Å². The highest BCUT2D eigenvalue weighted by Crippen LogP contribution is 2.46. The third-order valence-electron chi connectivity index (χ3n) is 10.1. The molecule has 2 heteroatoms. The Morgan fingerprint density at radius 3 is 1.72 bits per heavy atom. The number of hydrogen-bond acceptors (Lipinski definition) is 2. The van der Waals surface area contributed by atoms with Crippen LogP contribution >= 0.6 is 0 Å². The fraction of sp³-hybridized carbons (Fsp3) is 0. The van der Waals surface area contributed by atoms with Gasteiger partial charge >= 0.3 is 0 Å². The summed E-state index contributed by atoms with van der Waals surface area (Å²) in [6, 6.07) is 67.6. The van der Waals surface area contributed by atoms with Crippen LogP contribution < -0.4 is 4.90 Å². The van der Waals surface area contributed by atoms with Gasteiger partial charge in [-0.3, -0.25) is 0 Å². The summed E-state index contributed by atoms with van der Waals surface area (Å²) >= 11 is 0. The SMILES string of the molecule is c1ccc(-c2ccccc2-c2ccccc2N(c2ccc3ccc4c5ccccc5ccc4c3c2)c2ccc3oc4ccccc4c3c2)cc1. The third kappa shape index (κ3) is 4.57. The topological polar surface area (TPSA) is 16.4 Å². The molecule has 0 atom stereocenters. The number of fused-ring (bicyclic) bond motifs is 8. The average Bonchev–Trinajstić information content (AvgIpc) is 3.56. The van der Waals surface area contributed by atoms with E-state index in [0.717, 1.165) is 44.6 Å². The minimum Gasteiger partial charge on any atom is -0.456 e. The van der Waals surface area contributed by atoms with E-state index in [2.05, 4.69) is 181 Å². The Morgan fingerprint density at radius 1 is 0.320 bits per heavy atom. The Hall–Kier alpha value is -6.64. The number of para-hydroxylation sites is 2. The average molecular weight is 638 g/mol. The Labute approximate surface area is 290 Å². The highest BCUT2D eigenvalue weighted by molar-refractivity contribution is 6.18. The maximum Gasteiger partial charge on any atom is 0.135 e. The number of rotatable bonds is 5. The first-order chi connectivity index (χ1) is 24.8. The Bertz CT molecular complexity index is 2880. The van der Waals surface area contributed by atoms with Gasteiger partial charge in [0.15, 0.2) is 0 Å². The maximum absolute atomic E-state index is 6.28. The van der Waals surface area contributed by atoms with Gasteiger partial charge in [0.1, 0.15) is 11.2 Å². The van der Waals surface area contributed by atoms with Crippen LogP contribution in [0.2, 0.25) is 0 Å². The van der Waals surface area contributed by atoms with Gasteiger partial charge in [-0.05, 0) is 91.5 Å². The lowest BCUT2D eigenvalue weighted by molar-refractivity contribution is 0.669. The lowest BCUT2D eigenvalue weighted by atomic mass is 9.92. The molecule has 0 amide bonds. The monoisotopic (exact) mass is 637 g/mol. The number of anilines is 3. The molecule has 50 heavy (non-hydrogen) atoms. The summed E-state index contributed by atoms with van der Waals surface area (Å²) in [4.78, 5) is 2.41. The Morgan fingerprint density at radius 2 is 0.880 bits per heavy atom. The van der Waals surface area contributed by atoms with Gasteiger partial charge in [-0.15, -0.1) is 0 Å². The van der Waals surface area contributed by atoms with Crippen molar-refractivity contribution in [1.29, 1.82) is 0 Å². The predicted octanol–water partition coefficient (Wildman–Crippen LogP) is 13.8. The zero-order valence-corrected chi connectivity index (χ0v) is 27.3. The minimum atomic E-state index is 0.883. The molecule has 0 saturated carbocycles. The normalized spacial score (nSPS) is 11.6. The summed E-state index contributed by atoms with van der Waals surface area (Å²) in [6.45, 7) is 0. The summed E-state index contributed by atoms with van der Waals surface area (Å²) in [5.74, 6) is 0. The summed E-state index contributed by atoms with van der Waals surface area (Å²) in [5.41, 5.74) is 9.79. The van der Waals surface area contributed by atoms with Crippen LogP contribution in [0.1, 0.15) is 0 Å². The van der Waals surface area contributed by atoms with Crippen LogP contribution in [0.15, 0.2) is 192 Å². The fourth-order valence-corrected chi connectivity index (χ4v) is 7.71. The van der Waals surface area contributed by atoms with Crippen LogP contribution in [0, 0.1) is 0 Å². The Balaban J connectivity index is 1.25. The maximum atomic E-state index is 6.28. The van der Waals surface area contributed by atoms with E-state index in [9.17, 15) is 0 Å². The van der Waals surface area contributed by atoms with Gasteiger partial charge in [-0.25, -0.2) is 0 Å². The summed E-state index contributed by atoms with van der Waals surface area (Å²) in [7, 11) is 0. The molecule has 9 aromatic carbocycles. The van der Waals surface area contributed by atoms with Crippen molar-refractivity contribution in [3.63, 3.8) is 0 Å². The predicted molar refractivity (Wildman–Crippen MR) is 212 cm³/mol. The first kappa shape index (κ1) is 28.4. The number of furan rings is 1. The van der Waals surface area contributed by atoms with Crippen LogP contribution in [-0.2, 0) is 0 Å². The van der Waals surface area contributed by atoms with Crippen LogP contribution in [0.3, 0.4) is 0 Å². The van der Waals surface area contributed by atoms with Gasteiger partial charge in [-0.2, -0.15) is 0 Å². The molecule has 0 radical (unpaired) electrons. The minimum absolute atomic E-state index is 0.883. The Kier molecular flexibility index (Phi) is 6.53. The van der Waals surface area contributed by atoms with Crippen molar-refractivity contribution in [2.45, 2.75) is 0 Å². The first-order valence-corrected chi connectivity index (χ1v) is 17.1. The van der Waals surface area contributed by atoms with Crippen molar-refractivity contribution >= 4 is 71.3 Å². The van der Waals surface area contributed by atoms with Crippen LogP contribution in [-0.4, -0.2) is 0 Å². The zero-order valence-electron chi connectivity index (χ0n) is 27.3. The molecule has 1 aromatic heterocycles. The van der Waals surface area contributed by atoms with E-state index >= 15 is 0 Å². The van der Waals surface area contributed by atoms with E-state index < -0.39 is 0 Å². The second-order valence-electron chi connectivity index (χ2n) is 12.9. The van der Waals surface area contributed by atoms with Crippen LogP contribution in [0.4, 0.5) is 17.1 Å². The van der Waals surface area contributed by atoms with Crippen molar-refractivity contribution in [1.82, 2.24) is 0 Å². The van der Waals surface area contributed by atoms with E-state index in [-0.39, 0.29) is 0 Å². The van der Waals surface area contributed by atoms with Gasteiger partial charge in [0, 0.05) is 27.7 Å². The standard InChI is InChI=1S/C48H31NO/c1-2-12-32(13-3-1)37-16-6-7-17-39(37)42-18-8-10-20-46(42)49(36-26-29-48-45(31-36)43-19-9-11-21-47(43)50-48)35-25-22-34-24-27-40-38-15-5-4-14-33(38)23-28-41(40)44(34)30-35/h1-31H. The summed E-state index contributed by atoms with van der Waals surface area (Å²) in [5, 5.41) is 9.71. The van der Waals surface area contributed by atoms with Gasteiger partial charge in [0.05, 0.1) is 5.69 Å². The molecule has 0 saturated heterocycles. The molecule has 0 aliphatic rings. The molecule has 234 valence electrons. The lowest BCUT2D eigenvalue weighted by Gasteiger charge is -2.29. The zero-order chi connectivity index (χ0) is 33.0. The highest BCUT2D eigenvalue weighted by atomic mass is 16.3. The molecule has 0 aliphatic heterocycles.